The summed E-state index contributed by atoms with van der Waals surface area (Å²) in [6, 6.07) is 11.8. The smallest absolute Gasteiger partial charge is 0.238 e. The van der Waals surface area contributed by atoms with Gasteiger partial charge in [-0.3, -0.25) is 4.79 Å². The fourth-order valence-electron chi connectivity index (χ4n) is 3.11. The lowest BCUT2D eigenvalue weighted by atomic mass is 10.0. The highest BCUT2D eigenvalue weighted by Crippen LogP contribution is 2.28. The van der Waals surface area contributed by atoms with E-state index in [0.29, 0.717) is 30.3 Å². The first kappa shape index (κ1) is 19.8. The zero-order valence-corrected chi connectivity index (χ0v) is 17.0. The summed E-state index contributed by atoms with van der Waals surface area (Å²) in [5, 5.41) is 14.3. The van der Waals surface area contributed by atoms with E-state index < -0.39 is 10.0 Å². The molecule has 154 valence electrons. The first-order valence-corrected chi connectivity index (χ1v) is 10.8. The summed E-state index contributed by atoms with van der Waals surface area (Å²) in [7, 11) is -3.80. The molecule has 1 aliphatic heterocycles. The number of carbonyl (C=O) groups is 1. The minimum Gasteiger partial charge on any atom is -0.340 e. The van der Waals surface area contributed by atoms with E-state index in [4.69, 9.17) is 5.14 Å². The quantitative estimate of drug-likeness (QED) is 0.494. The van der Waals surface area contributed by atoms with Crippen LogP contribution in [0.3, 0.4) is 0 Å². The monoisotopic (exact) mass is 424 g/mol. The number of hydrogen-bond acceptors (Lipinski definition) is 7. The number of fused-ring (bicyclic) bond motifs is 1. The molecule has 2 heterocycles. The average molecular weight is 424 g/mol. The Morgan fingerprint density at radius 3 is 2.67 bits per heavy atom. The number of anilines is 5. The first-order chi connectivity index (χ1) is 14.3. The number of carbonyl (C=O) groups excluding carboxylic acids is 1. The van der Waals surface area contributed by atoms with Gasteiger partial charge in [-0.1, -0.05) is 6.07 Å². The lowest BCUT2D eigenvalue weighted by Crippen LogP contribution is -2.18. The summed E-state index contributed by atoms with van der Waals surface area (Å²) >= 11 is 0. The van der Waals surface area contributed by atoms with Gasteiger partial charge in [0.2, 0.25) is 21.9 Å². The third kappa shape index (κ3) is 4.39. The van der Waals surface area contributed by atoms with Crippen LogP contribution < -0.4 is 21.1 Å². The van der Waals surface area contributed by atoms with Crippen LogP contribution in [-0.2, 0) is 21.2 Å². The molecule has 0 atom stereocenters. The molecule has 1 aliphatic rings. The number of aryl methyl sites for hydroxylation is 2. The number of nitrogens with one attached hydrogen (secondary N) is 3. The Kier molecular flexibility index (Phi) is 5.10. The molecule has 30 heavy (non-hydrogen) atoms. The van der Waals surface area contributed by atoms with E-state index in [2.05, 4.69) is 25.9 Å². The minimum absolute atomic E-state index is 0.000824. The largest absolute Gasteiger partial charge is 0.340 e. The highest BCUT2D eigenvalue weighted by atomic mass is 32.2. The summed E-state index contributed by atoms with van der Waals surface area (Å²) in [5.41, 5.74) is 4.07. The van der Waals surface area contributed by atoms with E-state index in [9.17, 15) is 13.2 Å². The number of amides is 1. The molecule has 0 bridgehead atoms. The van der Waals surface area contributed by atoms with Gasteiger partial charge >= 0.3 is 0 Å². The van der Waals surface area contributed by atoms with Gasteiger partial charge in [0.15, 0.2) is 0 Å². The van der Waals surface area contributed by atoms with Gasteiger partial charge < -0.3 is 16.0 Å². The number of benzene rings is 2. The van der Waals surface area contributed by atoms with Crippen LogP contribution in [0.25, 0.3) is 0 Å². The second kappa shape index (κ2) is 7.73. The molecule has 1 amide bonds. The van der Waals surface area contributed by atoms with Crippen LogP contribution in [0.1, 0.15) is 17.5 Å². The Balaban J connectivity index is 1.56. The topological polar surface area (TPSA) is 139 Å². The molecule has 9 nitrogen and oxygen atoms in total. The molecule has 0 unspecified atom stereocenters. The Morgan fingerprint density at radius 2 is 1.87 bits per heavy atom. The highest BCUT2D eigenvalue weighted by Gasteiger charge is 2.15. The second-order valence-electron chi connectivity index (χ2n) is 6.97. The van der Waals surface area contributed by atoms with Crippen LogP contribution in [0.15, 0.2) is 53.6 Å². The first-order valence-electron chi connectivity index (χ1n) is 9.21. The number of rotatable bonds is 5. The lowest BCUT2D eigenvalue weighted by Gasteiger charge is -2.18. The zero-order chi connectivity index (χ0) is 21.3. The molecular weight excluding hydrogens is 404 g/mol. The van der Waals surface area contributed by atoms with Gasteiger partial charge in [-0.25, -0.2) is 18.5 Å². The van der Waals surface area contributed by atoms with Gasteiger partial charge in [-0.2, -0.15) is 4.98 Å². The molecule has 0 radical (unpaired) electrons. The fraction of sp³-hybridized carbons (Fsp3) is 0.150. The average Bonchev–Trinajstić information content (AvgIpc) is 2.70. The third-order valence-corrected chi connectivity index (χ3v) is 5.56. The lowest BCUT2D eigenvalue weighted by molar-refractivity contribution is -0.116. The maximum Gasteiger partial charge on any atom is 0.238 e. The second-order valence-corrected chi connectivity index (χ2v) is 8.53. The van der Waals surface area contributed by atoms with E-state index >= 15 is 0 Å². The van der Waals surface area contributed by atoms with Crippen molar-refractivity contribution in [3.63, 3.8) is 0 Å². The molecule has 3 aromatic rings. The molecule has 1 aromatic heterocycles. The van der Waals surface area contributed by atoms with Crippen molar-refractivity contribution in [3.8, 4) is 0 Å². The molecule has 4 rings (SSSR count). The standard InChI is InChI=1S/C20H20N6O3S/c1-12-11-22-20(24-14-3-2-4-16(10-14)30(21,28)29)26-19(12)23-15-6-7-17-13(9-15)5-8-18(27)25-17/h2-4,6-7,9-11H,5,8H2,1H3,(H,25,27)(H2,21,28,29)(H2,22,23,24,26). The summed E-state index contributed by atoms with van der Waals surface area (Å²) in [5.74, 6) is 0.937. The number of aromatic nitrogens is 2. The van der Waals surface area contributed by atoms with Gasteiger partial charge in [0, 0.05) is 35.2 Å². The number of primary sulfonamides is 1. The summed E-state index contributed by atoms with van der Waals surface area (Å²) in [6.07, 6.45) is 2.82. The number of nitrogens with zero attached hydrogens (tertiary/aromatic N) is 2. The Hall–Kier alpha value is -3.50. The van der Waals surface area contributed by atoms with E-state index in [1.807, 2.05) is 25.1 Å². The molecule has 2 aromatic carbocycles. The third-order valence-electron chi connectivity index (χ3n) is 4.65. The maximum absolute atomic E-state index is 11.5. The molecule has 0 fully saturated rings. The summed E-state index contributed by atoms with van der Waals surface area (Å²) in [4.78, 5) is 20.3. The molecule has 0 saturated carbocycles. The van der Waals surface area contributed by atoms with Crippen LogP contribution in [-0.4, -0.2) is 24.3 Å². The van der Waals surface area contributed by atoms with Crippen molar-refractivity contribution in [2.24, 2.45) is 5.14 Å². The van der Waals surface area contributed by atoms with Crippen molar-refractivity contribution in [3.05, 3.63) is 59.8 Å². The Labute approximate surface area is 173 Å². The number of hydrogen-bond donors (Lipinski definition) is 4. The predicted molar refractivity (Wildman–Crippen MR) is 115 cm³/mol. The zero-order valence-electron chi connectivity index (χ0n) is 16.1. The van der Waals surface area contributed by atoms with Gasteiger partial charge in [-0.05, 0) is 55.3 Å². The van der Waals surface area contributed by atoms with E-state index in [0.717, 1.165) is 22.5 Å². The van der Waals surface area contributed by atoms with Crippen LogP contribution >= 0.6 is 0 Å². The van der Waals surface area contributed by atoms with Crippen molar-refractivity contribution in [2.45, 2.75) is 24.7 Å². The van der Waals surface area contributed by atoms with Crippen LogP contribution in [0, 0.1) is 6.92 Å². The fourth-order valence-corrected chi connectivity index (χ4v) is 3.67. The van der Waals surface area contributed by atoms with Crippen LogP contribution in [0.4, 0.5) is 28.8 Å². The molecule has 0 aliphatic carbocycles. The van der Waals surface area contributed by atoms with E-state index in [-0.39, 0.29) is 10.8 Å². The molecule has 10 heteroatoms. The van der Waals surface area contributed by atoms with Crippen molar-refractivity contribution >= 4 is 44.8 Å². The van der Waals surface area contributed by atoms with Gasteiger partial charge in [0.05, 0.1) is 4.90 Å². The number of nitrogens with two attached hydrogens (primary N) is 1. The number of sulfonamides is 1. The van der Waals surface area contributed by atoms with E-state index in [1.54, 1.807) is 18.3 Å². The summed E-state index contributed by atoms with van der Waals surface area (Å²) in [6.45, 7) is 1.88. The molecule has 5 N–H and O–H groups in total. The normalized spacial score (nSPS) is 13.3. The van der Waals surface area contributed by atoms with E-state index in [1.165, 1.54) is 12.1 Å². The van der Waals surface area contributed by atoms with Crippen molar-refractivity contribution in [1.29, 1.82) is 0 Å². The molecular formula is C20H20N6O3S. The molecule has 0 spiro atoms. The summed E-state index contributed by atoms with van der Waals surface area (Å²) < 4.78 is 23.1. The van der Waals surface area contributed by atoms with Crippen molar-refractivity contribution < 1.29 is 13.2 Å². The molecule has 0 saturated heterocycles. The van der Waals surface area contributed by atoms with Crippen molar-refractivity contribution in [2.75, 3.05) is 16.0 Å². The minimum atomic E-state index is -3.80. The Bertz CT molecular complexity index is 1240. The highest BCUT2D eigenvalue weighted by molar-refractivity contribution is 7.89. The van der Waals surface area contributed by atoms with Crippen molar-refractivity contribution in [1.82, 2.24) is 9.97 Å². The van der Waals surface area contributed by atoms with Gasteiger partial charge in [0.1, 0.15) is 5.82 Å². The Morgan fingerprint density at radius 1 is 1.07 bits per heavy atom. The van der Waals surface area contributed by atoms with Crippen LogP contribution in [0.5, 0.6) is 0 Å². The SMILES string of the molecule is Cc1cnc(Nc2cccc(S(N)(=O)=O)c2)nc1Nc1ccc2c(c1)CCC(=O)N2. The van der Waals surface area contributed by atoms with Gasteiger partial charge in [0.25, 0.3) is 0 Å². The maximum atomic E-state index is 11.5. The van der Waals surface area contributed by atoms with Gasteiger partial charge in [-0.15, -0.1) is 0 Å². The van der Waals surface area contributed by atoms with Crippen LogP contribution in [0.2, 0.25) is 0 Å². The predicted octanol–water partition coefficient (Wildman–Crippen LogP) is 2.80.